The van der Waals surface area contributed by atoms with Crippen molar-refractivity contribution in [2.45, 2.75) is 33.6 Å². The molecular formula is C25H26N2O3. The van der Waals surface area contributed by atoms with Gasteiger partial charge < -0.3 is 9.47 Å². The number of hydrogen-bond acceptors (Lipinski definition) is 5. The zero-order valence-electron chi connectivity index (χ0n) is 17.6. The van der Waals surface area contributed by atoms with E-state index in [2.05, 4.69) is 23.2 Å². The van der Waals surface area contributed by atoms with Gasteiger partial charge in [0.2, 0.25) is 0 Å². The lowest BCUT2D eigenvalue weighted by atomic mass is 10.1. The molecule has 0 saturated carbocycles. The number of carbonyl (C=O) groups is 1. The molecule has 0 amide bonds. The fourth-order valence-electron chi connectivity index (χ4n) is 2.80. The Morgan fingerprint density at radius 2 is 1.57 bits per heavy atom. The molecule has 0 N–H and O–H groups in total. The molecule has 0 bridgehead atoms. The number of azo groups is 1. The number of ether oxygens (including phenoxy) is 2. The van der Waals surface area contributed by atoms with E-state index in [0.717, 1.165) is 29.8 Å². The Hall–Kier alpha value is -3.47. The van der Waals surface area contributed by atoms with Crippen molar-refractivity contribution in [2.75, 3.05) is 6.61 Å². The summed E-state index contributed by atoms with van der Waals surface area (Å²) in [5.41, 5.74) is 4.25. The highest BCUT2D eigenvalue weighted by molar-refractivity contribution is 5.91. The molecule has 0 radical (unpaired) electrons. The van der Waals surface area contributed by atoms with E-state index in [4.69, 9.17) is 9.47 Å². The maximum absolute atomic E-state index is 12.3. The lowest BCUT2D eigenvalue weighted by Crippen LogP contribution is -2.08. The largest absolute Gasteiger partial charge is 0.494 e. The number of nitrogens with zero attached hydrogens (tertiary/aromatic N) is 2. The van der Waals surface area contributed by atoms with Gasteiger partial charge >= 0.3 is 5.97 Å². The fraction of sp³-hybridized carbons (Fsp3) is 0.240. The van der Waals surface area contributed by atoms with Gasteiger partial charge in [-0.15, -0.1) is 0 Å². The van der Waals surface area contributed by atoms with Crippen LogP contribution in [0.2, 0.25) is 0 Å². The summed E-state index contributed by atoms with van der Waals surface area (Å²) in [6.07, 6.45) is 2.08. The van der Waals surface area contributed by atoms with Crippen LogP contribution in [0.3, 0.4) is 0 Å². The van der Waals surface area contributed by atoms with Gasteiger partial charge in [-0.2, -0.15) is 10.2 Å². The van der Waals surface area contributed by atoms with E-state index in [-0.39, 0.29) is 0 Å². The van der Waals surface area contributed by atoms with Crippen LogP contribution in [0.4, 0.5) is 11.4 Å². The molecular weight excluding hydrogens is 376 g/mol. The lowest BCUT2D eigenvalue weighted by Gasteiger charge is -2.07. The molecule has 5 heteroatoms. The number of esters is 1. The van der Waals surface area contributed by atoms with E-state index in [9.17, 15) is 4.79 Å². The molecule has 0 aliphatic carbocycles. The summed E-state index contributed by atoms with van der Waals surface area (Å²) < 4.78 is 11.0. The highest BCUT2D eigenvalue weighted by atomic mass is 16.5. The van der Waals surface area contributed by atoms with Gasteiger partial charge in [-0.05, 0) is 80.4 Å². The molecule has 0 aromatic heterocycles. The molecule has 3 aromatic rings. The molecule has 5 nitrogen and oxygen atoms in total. The van der Waals surface area contributed by atoms with Gasteiger partial charge in [0.25, 0.3) is 0 Å². The van der Waals surface area contributed by atoms with Crippen LogP contribution in [0.1, 0.15) is 41.3 Å². The van der Waals surface area contributed by atoms with Crippen LogP contribution < -0.4 is 9.47 Å². The predicted octanol–water partition coefficient (Wildman–Crippen LogP) is 7.12. The molecule has 154 valence electrons. The van der Waals surface area contributed by atoms with E-state index in [0.29, 0.717) is 23.6 Å². The average molecular weight is 402 g/mol. The van der Waals surface area contributed by atoms with Crippen LogP contribution in [0.25, 0.3) is 0 Å². The van der Waals surface area contributed by atoms with Crippen molar-refractivity contribution in [3.8, 4) is 11.5 Å². The van der Waals surface area contributed by atoms with E-state index < -0.39 is 5.97 Å². The van der Waals surface area contributed by atoms with Crippen LogP contribution >= 0.6 is 0 Å². The second kappa shape index (κ2) is 10.3. The van der Waals surface area contributed by atoms with E-state index in [1.807, 2.05) is 26.0 Å². The second-order valence-corrected chi connectivity index (χ2v) is 7.10. The van der Waals surface area contributed by atoms with Crippen molar-refractivity contribution in [2.24, 2.45) is 10.2 Å². The quantitative estimate of drug-likeness (QED) is 0.174. The SMILES string of the molecule is CCCCOc1ccc(C(=O)Oc2ccc(N=Nc3ccc(C)cc3C)cc2)cc1. The lowest BCUT2D eigenvalue weighted by molar-refractivity contribution is 0.0734. The Morgan fingerprint density at radius 3 is 2.23 bits per heavy atom. The minimum Gasteiger partial charge on any atom is -0.494 e. The van der Waals surface area contributed by atoms with Gasteiger partial charge in [0.05, 0.1) is 23.5 Å². The van der Waals surface area contributed by atoms with Crippen molar-refractivity contribution in [3.63, 3.8) is 0 Å². The zero-order chi connectivity index (χ0) is 21.3. The Balaban J connectivity index is 1.58. The number of rotatable bonds is 8. The highest BCUT2D eigenvalue weighted by Gasteiger charge is 2.09. The average Bonchev–Trinajstić information content (AvgIpc) is 2.75. The first-order valence-electron chi connectivity index (χ1n) is 10.1. The van der Waals surface area contributed by atoms with E-state index >= 15 is 0 Å². The van der Waals surface area contributed by atoms with Crippen LogP contribution in [0.5, 0.6) is 11.5 Å². The number of unbranched alkanes of at least 4 members (excludes halogenated alkanes) is 1. The molecule has 0 spiro atoms. The first-order chi connectivity index (χ1) is 14.5. The zero-order valence-corrected chi connectivity index (χ0v) is 17.6. The molecule has 3 aromatic carbocycles. The molecule has 0 unspecified atom stereocenters. The van der Waals surface area contributed by atoms with Crippen LogP contribution in [-0.4, -0.2) is 12.6 Å². The third-order valence-electron chi connectivity index (χ3n) is 4.53. The molecule has 0 atom stereocenters. The molecule has 3 rings (SSSR count). The molecule has 0 saturated heterocycles. The molecule has 0 aliphatic rings. The predicted molar refractivity (Wildman–Crippen MR) is 118 cm³/mol. The summed E-state index contributed by atoms with van der Waals surface area (Å²) in [5, 5.41) is 8.55. The summed E-state index contributed by atoms with van der Waals surface area (Å²) in [6, 6.07) is 19.9. The van der Waals surface area contributed by atoms with Gasteiger partial charge in [-0.25, -0.2) is 4.79 Å². The van der Waals surface area contributed by atoms with Crippen LogP contribution in [0, 0.1) is 13.8 Å². The Kier molecular flexibility index (Phi) is 7.33. The normalized spacial score (nSPS) is 10.9. The summed E-state index contributed by atoms with van der Waals surface area (Å²) in [5.74, 6) is 0.784. The summed E-state index contributed by atoms with van der Waals surface area (Å²) >= 11 is 0. The number of hydrogen-bond donors (Lipinski definition) is 0. The molecule has 0 heterocycles. The van der Waals surface area contributed by atoms with Gasteiger partial charge in [0, 0.05) is 0 Å². The smallest absolute Gasteiger partial charge is 0.343 e. The summed E-state index contributed by atoms with van der Waals surface area (Å²) in [6.45, 7) is 6.84. The maximum Gasteiger partial charge on any atom is 0.343 e. The van der Waals surface area contributed by atoms with Crippen molar-refractivity contribution >= 4 is 17.3 Å². The van der Waals surface area contributed by atoms with Crippen molar-refractivity contribution in [1.29, 1.82) is 0 Å². The summed E-state index contributed by atoms with van der Waals surface area (Å²) in [4.78, 5) is 12.3. The minimum absolute atomic E-state index is 0.417. The van der Waals surface area contributed by atoms with Crippen LogP contribution in [0.15, 0.2) is 77.0 Å². The van der Waals surface area contributed by atoms with Gasteiger partial charge in [0.1, 0.15) is 11.5 Å². The standard InChI is InChI=1S/C25H26N2O3/c1-4-5-16-29-22-11-7-20(8-12-22)25(28)30-23-13-9-21(10-14-23)26-27-24-15-6-18(2)17-19(24)3/h6-15,17H,4-5,16H2,1-3H3. The van der Waals surface area contributed by atoms with Gasteiger partial charge in [0.15, 0.2) is 0 Å². The van der Waals surface area contributed by atoms with Gasteiger partial charge in [-0.1, -0.05) is 31.0 Å². The topological polar surface area (TPSA) is 60.2 Å². The number of carbonyl (C=O) groups excluding carboxylic acids is 1. The Morgan fingerprint density at radius 1 is 0.867 bits per heavy atom. The third kappa shape index (κ3) is 6.01. The monoisotopic (exact) mass is 402 g/mol. The Bertz CT molecular complexity index is 1010. The third-order valence-corrected chi connectivity index (χ3v) is 4.53. The van der Waals surface area contributed by atoms with E-state index in [1.54, 1.807) is 48.5 Å². The van der Waals surface area contributed by atoms with Crippen molar-refractivity contribution < 1.29 is 14.3 Å². The van der Waals surface area contributed by atoms with Crippen molar-refractivity contribution in [3.05, 3.63) is 83.4 Å². The second-order valence-electron chi connectivity index (χ2n) is 7.10. The number of benzene rings is 3. The fourth-order valence-corrected chi connectivity index (χ4v) is 2.80. The first-order valence-corrected chi connectivity index (χ1v) is 10.1. The van der Waals surface area contributed by atoms with Crippen LogP contribution in [-0.2, 0) is 0 Å². The Labute approximate surface area is 177 Å². The first kappa shape index (κ1) is 21.2. The molecule has 0 fully saturated rings. The maximum atomic E-state index is 12.3. The molecule has 0 aliphatic heterocycles. The number of aryl methyl sites for hydroxylation is 2. The highest BCUT2D eigenvalue weighted by Crippen LogP contribution is 2.24. The molecule has 30 heavy (non-hydrogen) atoms. The summed E-state index contributed by atoms with van der Waals surface area (Å²) in [7, 11) is 0. The minimum atomic E-state index is -0.417. The van der Waals surface area contributed by atoms with E-state index in [1.165, 1.54) is 5.56 Å². The van der Waals surface area contributed by atoms with Crippen molar-refractivity contribution in [1.82, 2.24) is 0 Å². The van der Waals surface area contributed by atoms with Gasteiger partial charge in [-0.3, -0.25) is 0 Å².